The highest BCUT2D eigenvalue weighted by molar-refractivity contribution is 5.75. The fraction of sp³-hybridized carbons (Fsp3) is 0.556. The minimum atomic E-state index is -0.591. The Balaban J connectivity index is 1.49. The first kappa shape index (κ1) is 19.4. The van der Waals surface area contributed by atoms with Crippen LogP contribution in [0.4, 0.5) is 0 Å². The lowest BCUT2D eigenvalue weighted by Crippen LogP contribution is -2.37. The minimum Gasteiger partial charge on any atom is -0.388 e. The number of hydrogen-bond acceptors (Lipinski definition) is 7. The second kappa shape index (κ2) is 9.54. The van der Waals surface area contributed by atoms with Gasteiger partial charge in [0.25, 0.3) is 0 Å². The van der Waals surface area contributed by atoms with E-state index in [1.807, 2.05) is 30.3 Å². The number of amides is 1. The topological polar surface area (TPSA) is 96.6 Å². The molecule has 1 saturated heterocycles. The predicted octanol–water partition coefficient (Wildman–Crippen LogP) is 0.0874. The van der Waals surface area contributed by atoms with Crippen molar-refractivity contribution in [2.24, 2.45) is 0 Å². The lowest BCUT2D eigenvalue weighted by atomic mass is 10.1. The molecule has 0 aliphatic carbocycles. The third-order valence-electron chi connectivity index (χ3n) is 4.71. The van der Waals surface area contributed by atoms with E-state index in [1.54, 1.807) is 16.6 Å². The number of tetrazole rings is 1. The molecule has 9 heteroatoms. The molecular formula is C18H26N6O3. The van der Waals surface area contributed by atoms with Gasteiger partial charge in [-0.2, -0.15) is 0 Å². The fourth-order valence-corrected chi connectivity index (χ4v) is 2.95. The molecule has 3 rings (SSSR count). The first-order chi connectivity index (χ1) is 13.1. The van der Waals surface area contributed by atoms with Gasteiger partial charge in [0.05, 0.1) is 25.9 Å². The highest BCUT2D eigenvalue weighted by atomic mass is 16.5. The van der Waals surface area contributed by atoms with Crippen LogP contribution in [-0.2, 0) is 22.6 Å². The highest BCUT2D eigenvalue weighted by Gasteiger charge is 2.18. The van der Waals surface area contributed by atoms with Crippen LogP contribution in [0, 0.1) is 0 Å². The lowest BCUT2D eigenvalue weighted by molar-refractivity contribution is -0.131. The number of ether oxygens (including phenoxy) is 1. The SMILES string of the molecule is CN(CC[C@@H](O)c1ccccc1)C(=O)Cn1nnnc1CN1CCOCC1. The van der Waals surface area contributed by atoms with Crippen LogP contribution in [0.3, 0.4) is 0 Å². The van der Waals surface area contributed by atoms with Crippen LogP contribution in [0.2, 0.25) is 0 Å². The molecule has 1 aliphatic rings. The molecule has 146 valence electrons. The Kier molecular flexibility index (Phi) is 6.86. The molecule has 0 radical (unpaired) electrons. The quantitative estimate of drug-likeness (QED) is 0.699. The van der Waals surface area contributed by atoms with Gasteiger partial charge >= 0.3 is 0 Å². The number of carbonyl (C=O) groups is 1. The molecule has 2 heterocycles. The standard InChI is InChI=1S/C18H26N6O3/c1-22(8-7-16(25)15-5-3-2-4-6-15)18(26)14-24-17(19-20-21-24)13-23-9-11-27-12-10-23/h2-6,16,25H,7-14H2,1H3/t16-/m1/s1. The number of aliphatic hydroxyl groups is 1. The van der Waals surface area contributed by atoms with Crippen LogP contribution in [-0.4, -0.2) is 80.9 Å². The molecule has 0 spiro atoms. The summed E-state index contributed by atoms with van der Waals surface area (Å²) < 4.78 is 6.89. The minimum absolute atomic E-state index is 0.0879. The van der Waals surface area contributed by atoms with Gasteiger partial charge in [-0.25, -0.2) is 4.68 Å². The van der Waals surface area contributed by atoms with Crippen molar-refractivity contribution in [3.63, 3.8) is 0 Å². The molecule has 1 atom stereocenters. The summed E-state index contributed by atoms with van der Waals surface area (Å²) in [5, 5.41) is 21.9. The van der Waals surface area contributed by atoms with E-state index < -0.39 is 6.10 Å². The van der Waals surface area contributed by atoms with Crippen molar-refractivity contribution in [1.29, 1.82) is 0 Å². The van der Waals surface area contributed by atoms with E-state index in [4.69, 9.17) is 4.74 Å². The summed E-state index contributed by atoms with van der Waals surface area (Å²) in [6.07, 6.45) is -0.117. The molecule has 0 unspecified atom stereocenters. The lowest BCUT2D eigenvalue weighted by Gasteiger charge is -2.26. The van der Waals surface area contributed by atoms with Gasteiger partial charge in [0, 0.05) is 26.7 Å². The van der Waals surface area contributed by atoms with Crippen LogP contribution in [0.25, 0.3) is 0 Å². The normalized spacial score (nSPS) is 16.2. The van der Waals surface area contributed by atoms with E-state index in [-0.39, 0.29) is 12.5 Å². The molecular weight excluding hydrogens is 348 g/mol. The maximum absolute atomic E-state index is 12.5. The van der Waals surface area contributed by atoms with Crippen molar-refractivity contribution in [1.82, 2.24) is 30.0 Å². The summed E-state index contributed by atoms with van der Waals surface area (Å²) >= 11 is 0. The van der Waals surface area contributed by atoms with Crippen LogP contribution in [0.5, 0.6) is 0 Å². The van der Waals surface area contributed by atoms with Crippen molar-refractivity contribution < 1.29 is 14.6 Å². The molecule has 2 aromatic rings. The Morgan fingerprint density at radius 1 is 1.30 bits per heavy atom. The average Bonchev–Trinajstić information content (AvgIpc) is 3.13. The van der Waals surface area contributed by atoms with E-state index in [9.17, 15) is 9.90 Å². The number of likely N-dealkylation sites (N-methyl/N-ethyl adjacent to an activating group) is 1. The Bertz CT molecular complexity index is 717. The van der Waals surface area contributed by atoms with Crippen molar-refractivity contribution in [3.05, 3.63) is 41.7 Å². The third-order valence-corrected chi connectivity index (χ3v) is 4.71. The fourth-order valence-electron chi connectivity index (χ4n) is 2.95. The maximum Gasteiger partial charge on any atom is 0.244 e. The average molecular weight is 374 g/mol. The third kappa shape index (κ3) is 5.56. The van der Waals surface area contributed by atoms with Crippen LogP contribution in [0.1, 0.15) is 23.9 Å². The molecule has 1 aromatic heterocycles. The first-order valence-electron chi connectivity index (χ1n) is 9.15. The van der Waals surface area contributed by atoms with Crippen molar-refractivity contribution in [2.75, 3.05) is 39.9 Å². The number of aliphatic hydroxyl groups excluding tert-OH is 1. The first-order valence-corrected chi connectivity index (χ1v) is 9.15. The second-order valence-corrected chi connectivity index (χ2v) is 6.67. The van der Waals surface area contributed by atoms with Gasteiger partial charge in [0.15, 0.2) is 5.82 Å². The molecule has 0 saturated carbocycles. The van der Waals surface area contributed by atoms with Crippen molar-refractivity contribution >= 4 is 5.91 Å². The molecule has 27 heavy (non-hydrogen) atoms. The van der Waals surface area contributed by atoms with E-state index in [1.165, 1.54) is 0 Å². The zero-order chi connectivity index (χ0) is 19.1. The number of carbonyl (C=O) groups excluding carboxylic acids is 1. The van der Waals surface area contributed by atoms with Crippen molar-refractivity contribution in [2.45, 2.75) is 25.6 Å². The smallest absolute Gasteiger partial charge is 0.244 e. The number of aromatic nitrogens is 4. The van der Waals surface area contributed by atoms with Gasteiger partial charge in [-0.1, -0.05) is 30.3 Å². The summed E-state index contributed by atoms with van der Waals surface area (Å²) in [7, 11) is 1.73. The summed E-state index contributed by atoms with van der Waals surface area (Å²) in [5.74, 6) is 0.578. The van der Waals surface area contributed by atoms with E-state index >= 15 is 0 Å². The molecule has 1 aromatic carbocycles. The van der Waals surface area contributed by atoms with Gasteiger partial charge in [-0.15, -0.1) is 5.10 Å². The largest absolute Gasteiger partial charge is 0.388 e. The molecule has 1 fully saturated rings. The van der Waals surface area contributed by atoms with Gasteiger partial charge in [-0.3, -0.25) is 9.69 Å². The van der Waals surface area contributed by atoms with E-state index in [2.05, 4.69) is 20.4 Å². The zero-order valence-electron chi connectivity index (χ0n) is 15.6. The molecule has 9 nitrogen and oxygen atoms in total. The summed E-state index contributed by atoms with van der Waals surface area (Å²) in [5.41, 5.74) is 0.853. The predicted molar refractivity (Wildman–Crippen MR) is 97.6 cm³/mol. The monoisotopic (exact) mass is 374 g/mol. The Labute approximate surface area is 158 Å². The number of rotatable bonds is 8. The number of nitrogens with zero attached hydrogens (tertiary/aromatic N) is 6. The Morgan fingerprint density at radius 3 is 2.78 bits per heavy atom. The maximum atomic E-state index is 12.5. The molecule has 1 amide bonds. The van der Waals surface area contributed by atoms with Gasteiger partial charge < -0.3 is 14.7 Å². The Morgan fingerprint density at radius 2 is 2.04 bits per heavy atom. The van der Waals surface area contributed by atoms with Crippen LogP contribution < -0.4 is 0 Å². The Hall–Kier alpha value is -2.36. The van der Waals surface area contributed by atoms with Gasteiger partial charge in [0.2, 0.25) is 5.91 Å². The number of benzene rings is 1. The van der Waals surface area contributed by atoms with Crippen LogP contribution >= 0.6 is 0 Å². The zero-order valence-corrected chi connectivity index (χ0v) is 15.6. The molecule has 0 bridgehead atoms. The van der Waals surface area contributed by atoms with Gasteiger partial charge in [0.1, 0.15) is 6.54 Å². The summed E-state index contributed by atoms with van der Waals surface area (Å²) in [4.78, 5) is 16.3. The number of morpholine rings is 1. The summed E-state index contributed by atoms with van der Waals surface area (Å²) in [6.45, 7) is 4.20. The van der Waals surface area contributed by atoms with E-state index in [0.717, 1.165) is 18.7 Å². The summed E-state index contributed by atoms with van der Waals surface area (Å²) in [6, 6.07) is 9.45. The van der Waals surface area contributed by atoms with E-state index in [0.29, 0.717) is 38.5 Å². The van der Waals surface area contributed by atoms with Crippen LogP contribution in [0.15, 0.2) is 30.3 Å². The second-order valence-electron chi connectivity index (χ2n) is 6.67. The molecule has 1 aliphatic heterocycles. The number of hydrogen-bond donors (Lipinski definition) is 1. The molecule has 1 N–H and O–H groups in total. The van der Waals surface area contributed by atoms with Crippen molar-refractivity contribution in [3.8, 4) is 0 Å². The highest BCUT2D eigenvalue weighted by Crippen LogP contribution is 2.16. The van der Waals surface area contributed by atoms with Gasteiger partial charge in [-0.05, 0) is 22.4 Å².